The Balaban J connectivity index is 2.20. The third-order valence-corrected chi connectivity index (χ3v) is 2.81. The van der Waals surface area contributed by atoms with E-state index in [2.05, 4.69) is 4.98 Å². The summed E-state index contributed by atoms with van der Waals surface area (Å²) in [5, 5.41) is 8.83. The van der Waals surface area contributed by atoms with Crippen molar-refractivity contribution in [3.63, 3.8) is 0 Å². The van der Waals surface area contributed by atoms with Crippen LogP contribution in [0.15, 0.2) is 24.3 Å². The summed E-state index contributed by atoms with van der Waals surface area (Å²) in [5.74, 6) is -0.569. The smallest absolute Gasteiger partial charge is 0.407 e. The van der Waals surface area contributed by atoms with E-state index in [9.17, 15) is 9.59 Å². The van der Waals surface area contributed by atoms with Crippen molar-refractivity contribution in [3.05, 3.63) is 35.7 Å². The third kappa shape index (κ3) is 2.48. The molecule has 94 valence electrons. The minimum Gasteiger partial charge on any atom is -0.465 e. The van der Waals surface area contributed by atoms with Gasteiger partial charge in [-0.3, -0.25) is 4.79 Å². The Morgan fingerprint density at radius 3 is 2.72 bits per heavy atom. The van der Waals surface area contributed by atoms with Gasteiger partial charge in [0.05, 0.1) is 5.69 Å². The number of amides is 2. The highest BCUT2D eigenvalue weighted by Crippen LogP contribution is 2.20. The quantitative estimate of drug-likeness (QED) is 0.813. The zero-order valence-electron chi connectivity index (χ0n) is 9.67. The van der Waals surface area contributed by atoms with Crippen LogP contribution in [-0.2, 0) is 0 Å². The molecule has 0 atom stereocenters. The van der Waals surface area contributed by atoms with Gasteiger partial charge < -0.3 is 15.7 Å². The molecule has 2 heterocycles. The summed E-state index contributed by atoms with van der Waals surface area (Å²) in [4.78, 5) is 27.3. The predicted octanol–water partition coefficient (Wildman–Crippen LogP) is 0.948. The summed E-state index contributed by atoms with van der Waals surface area (Å²) < 4.78 is 0. The van der Waals surface area contributed by atoms with Crippen LogP contribution in [0.4, 0.5) is 4.79 Å². The number of nitrogens with two attached hydrogens (primary N) is 1. The van der Waals surface area contributed by atoms with Crippen LogP contribution in [0.25, 0.3) is 5.57 Å². The van der Waals surface area contributed by atoms with Gasteiger partial charge >= 0.3 is 6.09 Å². The van der Waals surface area contributed by atoms with Crippen molar-refractivity contribution in [2.45, 2.75) is 6.42 Å². The zero-order chi connectivity index (χ0) is 13.1. The maximum Gasteiger partial charge on any atom is 0.407 e. The van der Waals surface area contributed by atoms with E-state index in [1.54, 1.807) is 18.2 Å². The second-order valence-corrected chi connectivity index (χ2v) is 3.98. The van der Waals surface area contributed by atoms with E-state index >= 15 is 0 Å². The van der Waals surface area contributed by atoms with Gasteiger partial charge in [0.25, 0.3) is 5.91 Å². The average molecular weight is 247 g/mol. The van der Waals surface area contributed by atoms with Gasteiger partial charge in [-0.25, -0.2) is 9.78 Å². The van der Waals surface area contributed by atoms with Crippen LogP contribution in [0.2, 0.25) is 0 Å². The SMILES string of the molecule is NC(=O)c1cccc(C2=CCN(C(=O)O)CC2)n1. The second-order valence-electron chi connectivity index (χ2n) is 3.98. The average Bonchev–Trinajstić information content (AvgIpc) is 2.39. The van der Waals surface area contributed by atoms with Crippen molar-refractivity contribution >= 4 is 17.6 Å². The van der Waals surface area contributed by atoms with Crippen LogP contribution in [0.1, 0.15) is 22.6 Å². The van der Waals surface area contributed by atoms with Crippen molar-refractivity contribution in [1.82, 2.24) is 9.88 Å². The molecular weight excluding hydrogens is 234 g/mol. The standard InChI is InChI=1S/C12H13N3O3/c13-11(16)10-3-1-2-9(14-10)8-4-6-15(7-5-8)12(17)18/h1-4H,5-7H2,(H2,13,16)(H,17,18). The molecule has 0 aromatic carbocycles. The maximum atomic E-state index is 11.0. The van der Waals surface area contributed by atoms with Gasteiger partial charge in [0, 0.05) is 13.1 Å². The van der Waals surface area contributed by atoms with Crippen LogP contribution in [0.5, 0.6) is 0 Å². The Labute approximate surface area is 104 Å². The third-order valence-electron chi connectivity index (χ3n) is 2.81. The summed E-state index contributed by atoms with van der Waals surface area (Å²) in [6.45, 7) is 0.775. The molecule has 0 fully saturated rings. The molecule has 6 nitrogen and oxygen atoms in total. The van der Waals surface area contributed by atoms with E-state index in [1.165, 1.54) is 4.90 Å². The van der Waals surface area contributed by atoms with Crippen molar-refractivity contribution in [3.8, 4) is 0 Å². The van der Waals surface area contributed by atoms with Crippen molar-refractivity contribution in [2.24, 2.45) is 5.73 Å². The second kappa shape index (κ2) is 4.87. The minimum atomic E-state index is -0.927. The van der Waals surface area contributed by atoms with Crippen LogP contribution in [0.3, 0.4) is 0 Å². The fourth-order valence-corrected chi connectivity index (χ4v) is 1.83. The molecule has 0 aliphatic carbocycles. The lowest BCUT2D eigenvalue weighted by Gasteiger charge is -2.23. The topological polar surface area (TPSA) is 96.5 Å². The number of hydrogen-bond acceptors (Lipinski definition) is 3. The summed E-state index contributed by atoms with van der Waals surface area (Å²) in [6.07, 6.45) is 1.47. The highest BCUT2D eigenvalue weighted by molar-refractivity contribution is 5.91. The molecule has 1 aliphatic heterocycles. The Morgan fingerprint density at radius 2 is 2.17 bits per heavy atom. The number of pyridine rings is 1. The number of carbonyl (C=O) groups is 2. The van der Waals surface area contributed by atoms with Gasteiger partial charge in [0.15, 0.2) is 0 Å². The zero-order valence-corrected chi connectivity index (χ0v) is 9.67. The summed E-state index contributed by atoms with van der Waals surface area (Å²) in [7, 11) is 0. The van der Waals surface area contributed by atoms with E-state index in [0.717, 1.165) is 5.57 Å². The van der Waals surface area contributed by atoms with Crippen LogP contribution in [0, 0.1) is 0 Å². The van der Waals surface area contributed by atoms with Gasteiger partial charge in [0.2, 0.25) is 0 Å². The first kappa shape index (κ1) is 12.1. The lowest BCUT2D eigenvalue weighted by Crippen LogP contribution is -2.33. The summed E-state index contributed by atoms with van der Waals surface area (Å²) in [5.41, 5.74) is 7.00. The first-order valence-electron chi connectivity index (χ1n) is 5.52. The number of aromatic nitrogens is 1. The van der Waals surface area contributed by atoms with Crippen molar-refractivity contribution < 1.29 is 14.7 Å². The number of carboxylic acid groups (broad SMARTS) is 1. The van der Waals surface area contributed by atoms with E-state index in [4.69, 9.17) is 10.8 Å². The van der Waals surface area contributed by atoms with Gasteiger partial charge in [-0.05, 0) is 24.1 Å². The van der Waals surface area contributed by atoms with Gasteiger partial charge in [0.1, 0.15) is 5.69 Å². The fraction of sp³-hybridized carbons (Fsp3) is 0.250. The van der Waals surface area contributed by atoms with E-state index < -0.39 is 12.0 Å². The molecule has 0 saturated heterocycles. The molecule has 2 amide bonds. The van der Waals surface area contributed by atoms with Crippen LogP contribution in [-0.4, -0.2) is 40.1 Å². The van der Waals surface area contributed by atoms with Gasteiger partial charge in [-0.2, -0.15) is 0 Å². The molecule has 0 saturated carbocycles. The van der Waals surface area contributed by atoms with E-state index in [0.29, 0.717) is 25.2 Å². The Morgan fingerprint density at radius 1 is 1.39 bits per heavy atom. The van der Waals surface area contributed by atoms with Crippen LogP contribution >= 0.6 is 0 Å². The molecule has 3 N–H and O–H groups in total. The highest BCUT2D eigenvalue weighted by atomic mass is 16.4. The molecule has 0 bridgehead atoms. The summed E-state index contributed by atoms with van der Waals surface area (Å²) in [6, 6.07) is 5.06. The Bertz CT molecular complexity index is 525. The number of hydrogen-bond donors (Lipinski definition) is 2. The first-order chi connectivity index (χ1) is 8.58. The molecule has 0 spiro atoms. The highest BCUT2D eigenvalue weighted by Gasteiger charge is 2.17. The lowest BCUT2D eigenvalue weighted by molar-refractivity contribution is 0.0995. The number of nitrogens with zero attached hydrogens (tertiary/aromatic N) is 2. The molecule has 1 aliphatic rings. The maximum absolute atomic E-state index is 11.0. The molecule has 2 rings (SSSR count). The molecule has 1 aromatic rings. The first-order valence-corrected chi connectivity index (χ1v) is 5.52. The molecule has 0 unspecified atom stereocenters. The van der Waals surface area contributed by atoms with Crippen molar-refractivity contribution in [2.75, 3.05) is 13.1 Å². The van der Waals surface area contributed by atoms with Gasteiger partial charge in [-0.1, -0.05) is 12.1 Å². The Hall–Kier alpha value is -2.37. The molecular formula is C12H13N3O3. The van der Waals surface area contributed by atoms with Crippen LogP contribution < -0.4 is 5.73 Å². The Kier molecular flexibility index (Phi) is 3.27. The van der Waals surface area contributed by atoms with Gasteiger partial charge in [-0.15, -0.1) is 0 Å². The minimum absolute atomic E-state index is 0.217. The largest absolute Gasteiger partial charge is 0.465 e. The number of primary amides is 1. The van der Waals surface area contributed by atoms with Crippen molar-refractivity contribution in [1.29, 1.82) is 0 Å². The summed E-state index contributed by atoms with van der Waals surface area (Å²) >= 11 is 0. The molecule has 0 radical (unpaired) electrons. The molecule has 6 heteroatoms. The number of carbonyl (C=O) groups excluding carboxylic acids is 1. The predicted molar refractivity (Wildman–Crippen MR) is 64.9 cm³/mol. The normalized spacial score (nSPS) is 15.1. The fourth-order valence-electron chi connectivity index (χ4n) is 1.83. The number of rotatable bonds is 2. The lowest BCUT2D eigenvalue weighted by atomic mass is 10.0. The molecule has 1 aromatic heterocycles. The monoisotopic (exact) mass is 247 g/mol. The van der Waals surface area contributed by atoms with E-state index in [1.807, 2.05) is 6.08 Å². The molecule has 18 heavy (non-hydrogen) atoms. The van der Waals surface area contributed by atoms with E-state index in [-0.39, 0.29) is 5.69 Å².